The van der Waals surface area contributed by atoms with E-state index in [1.807, 2.05) is 12.1 Å². The third kappa shape index (κ3) is 4.06. The maximum atomic E-state index is 6.28. The standard InChI is InChI=1S/C14H21Cl2N3/c1-2-3-4-12(19-9-7-17-8-10-19)11-5-6-13(15)18-14(11)16/h5-6,12,17H,2-4,7-10H2,1H3/t12-/m0/s1. The summed E-state index contributed by atoms with van der Waals surface area (Å²) in [5, 5.41) is 4.40. The van der Waals surface area contributed by atoms with E-state index in [2.05, 4.69) is 22.1 Å². The molecule has 5 heteroatoms. The van der Waals surface area contributed by atoms with Crippen molar-refractivity contribution in [3.05, 3.63) is 28.0 Å². The van der Waals surface area contributed by atoms with Gasteiger partial charge in [-0.3, -0.25) is 4.90 Å². The lowest BCUT2D eigenvalue weighted by molar-refractivity contribution is 0.163. The van der Waals surface area contributed by atoms with Crippen molar-refractivity contribution in [1.29, 1.82) is 0 Å². The Morgan fingerprint density at radius 1 is 1.32 bits per heavy atom. The van der Waals surface area contributed by atoms with Crippen LogP contribution in [0, 0.1) is 0 Å². The normalized spacial score (nSPS) is 18.5. The fraction of sp³-hybridized carbons (Fsp3) is 0.643. The van der Waals surface area contributed by atoms with Crippen LogP contribution in [-0.2, 0) is 0 Å². The van der Waals surface area contributed by atoms with Gasteiger partial charge in [0, 0.05) is 37.8 Å². The van der Waals surface area contributed by atoms with E-state index in [1.165, 1.54) is 12.8 Å². The van der Waals surface area contributed by atoms with E-state index >= 15 is 0 Å². The van der Waals surface area contributed by atoms with Gasteiger partial charge < -0.3 is 5.32 Å². The van der Waals surface area contributed by atoms with Crippen molar-refractivity contribution in [3.63, 3.8) is 0 Å². The van der Waals surface area contributed by atoms with Crippen LogP contribution in [0.3, 0.4) is 0 Å². The van der Waals surface area contributed by atoms with E-state index in [0.717, 1.165) is 38.2 Å². The summed E-state index contributed by atoms with van der Waals surface area (Å²) < 4.78 is 0. The number of pyridine rings is 1. The number of piperazine rings is 1. The molecule has 1 atom stereocenters. The highest BCUT2D eigenvalue weighted by molar-refractivity contribution is 6.32. The van der Waals surface area contributed by atoms with E-state index in [-0.39, 0.29) is 0 Å². The van der Waals surface area contributed by atoms with Crippen LogP contribution in [-0.4, -0.2) is 36.1 Å². The second-order valence-electron chi connectivity index (χ2n) is 4.96. The Hall–Kier alpha value is -0.350. The van der Waals surface area contributed by atoms with Gasteiger partial charge in [-0.15, -0.1) is 0 Å². The fourth-order valence-corrected chi connectivity index (χ4v) is 3.07. The van der Waals surface area contributed by atoms with E-state index in [4.69, 9.17) is 23.2 Å². The van der Waals surface area contributed by atoms with Gasteiger partial charge in [0.05, 0.1) is 0 Å². The average Bonchev–Trinajstić information content (AvgIpc) is 2.42. The quantitative estimate of drug-likeness (QED) is 0.844. The summed E-state index contributed by atoms with van der Waals surface area (Å²) in [5.74, 6) is 0. The first kappa shape index (κ1) is 15.0. The van der Waals surface area contributed by atoms with Gasteiger partial charge in [0.15, 0.2) is 0 Å². The first-order valence-corrected chi connectivity index (χ1v) is 7.74. The minimum absolute atomic E-state index is 0.360. The molecule has 0 radical (unpaired) electrons. The van der Waals surface area contributed by atoms with Crippen molar-refractivity contribution >= 4 is 23.2 Å². The van der Waals surface area contributed by atoms with Crippen LogP contribution in [0.25, 0.3) is 0 Å². The van der Waals surface area contributed by atoms with Crippen LogP contribution in [0.2, 0.25) is 10.3 Å². The van der Waals surface area contributed by atoms with E-state index in [9.17, 15) is 0 Å². The predicted octanol–water partition coefficient (Wildman–Crippen LogP) is 3.52. The molecule has 106 valence electrons. The summed E-state index contributed by atoms with van der Waals surface area (Å²) in [6.07, 6.45) is 3.52. The van der Waals surface area contributed by atoms with Gasteiger partial charge in [-0.2, -0.15) is 0 Å². The Morgan fingerprint density at radius 3 is 2.68 bits per heavy atom. The second-order valence-corrected chi connectivity index (χ2v) is 5.70. The summed E-state index contributed by atoms with van der Waals surface area (Å²) >= 11 is 12.2. The maximum Gasteiger partial charge on any atom is 0.135 e. The van der Waals surface area contributed by atoms with E-state index in [1.54, 1.807) is 0 Å². The van der Waals surface area contributed by atoms with Crippen LogP contribution in [0.1, 0.15) is 37.8 Å². The molecular formula is C14H21Cl2N3. The molecule has 1 aliphatic heterocycles. The summed E-state index contributed by atoms with van der Waals surface area (Å²) in [7, 11) is 0. The van der Waals surface area contributed by atoms with Gasteiger partial charge in [-0.05, 0) is 12.5 Å². The lowest BCUT2D eigenvalue weighted by Gasteiger charge is -2.35. The van der Waals surface area contributed by atoms with Crippen LogP contribution >= 0.6 is 23.2 Å². The maximum absolute atomic E-state index is 6.28. The number of unbranched alkanes of at least 4 members (excludes halogenated alkanes) is 1. The molecule has 0 bridgehead atoms. The molecule has 0 saturated carbocycles. The molecule has 1 saturated heterocycles. The zero-order valence-corrected chi connectivity index (χ0v) is 12.8. The lowest BCUT2D eigenvalue weighted by Crippen LogP contribution is -2.45. The fourth-order valence-electron chi connectivity index (χ4n) is 2.60. The Bertz CT molecular complexity index is 406. The van der Waals surface area contributed by atoms with Crippen molar-refractivity contribution in [3.8, 4) is 0 Å². The monoisotopic (exact) mass is 301 g/mol. The topological polar surface area (TPSA) is 28.2 Å². The molecule has 0 unspecified atom stereocenters. The zero-order chi connectivity index (χ0) is 13.7. The molecule has 1 fully saturated rings. The summed E-state index contributed by atoms with van der Waals surface area (Å²) in [5.41, 5.74) is 1.11. The number of halogens is 2. The largest absolute Gasteiger partial charge is 0.314 e. The Balaban J connectivity index is 2.19. The van der Waals surface area contributed by atoms with Crippen LogP contribution in [0.5, 0.6) is 0 Å². The molecule has 3 nitrogen and oxygen atoms in total. The molecule has 1 aliphatic rings. The third-order valence-electron chi connectivity index (χ3n) is 3.63. The first-order valence-electron chi connectivity index (χ1n) is 6.99. The van der Waals surface area contributed by atoms with Gasteiger partial charge in [-0.25, -0.2) is 4.98 Å². The molecule has 2 rings (SSSR count). The molecule has 0 aliphatic carbocycles. The number of hydrogen-bond acceptors (Lipinski definition) is 3. The smallest absolute Gasteiger partial charge is 0.135 e. The van der Waals surface area contributed by atoms with Gasteiger partial charge in [0.1, 0.15) is 10.3 Å². The van der Waals surface area contributed by atoms with Crippen molar-refractivity contribution in [2.45, 2.75) is 32.2 Å². The SMILES string of the molecule is CCCC[C@@H](c1ccc(Cl)nc1Cl)N1CCNCC1. The number of rotatable bonds is 5. The molecule has 1 N–H and O–H groups in total. The third-order valence-corrected chi connectivity index (χ3v) is 4.14. The predicted molar refractivity (Wildman–Crippen MR) is 81.0 cm³/mol. The lowest BCUT2D eigenvalue weighted by atomic mass is 10.0. The molecule has 19 heavy (non-hydrogen) atoms. The Kier molecular flexibility index (Phi) is 5.89. The van der Waals surface area contributed by atoms with Gasteiger partial charge in [0.25, 0.3) is 0 Å². The number of aromatic nitrogens is 1. The summed E-state index contributed by atoms with van der Waals surface area (Å²) in [6, 6.07) is 4.23. The number of hydrogen-bond donors (Lipinski definition) is 1. The first-order chi connectivity index (χ1) is 9.22. The minimum Gasteiger partial charge on any atom is -0.314 e. The van der Waals surface area contributed by atoms with Crippen molar-refractivity contribution < 1.29 is 0 Å². The highest BCUT2D eigenvalue weighted by atomic mass is 35.5. The molecule has 1 aromatic heterocycles. The Morgan fingerprint density at radius 2 is 2.05 bits per heavy atom. The van der Waals surface area contributed by atoms with Crippen LogP contribution < -0.4 is 5.32 Å². The Labute approximate surface area is 125 Å². The molecule has 2 heterocycles. The second kappa shape index (κ2) is 7.44. The highest BCUT2D eigenvalue weighted by Gasteiger charge is 2.24. The summed E-state index contributed by atoms with van der Waals surface area (Å²) in [6.45, 7) is 6.43. The molecular weight excluding hydrogens is 281 g/mol. The van der Waals surface area contributed by atoms with E-state index < -0.39 is 0 Å². The molecule has 1 aromatic rings. The molecule has 0 amide bonds. The minimum atomic E-state index is 0.360. The van der Waals surface area contributed by atoms with Crippen molar-refractivity contribution in [1.82, 2.24) is 15.2 Å². The average molecular weight is 302 g/mol. The van der Waals surface area contributed by atoms with E-state index in [0.29, 0.717) is 16.3 Å². The van der Waals surface area contributed by atoms with Crippen molar-refractivity contribution in [2.75, 3.05) is 26.2 Å². The van der Waals surface area contributed by atoms with Gasteiger partial charge in [-0.1, -0.05) is 49.0 Å². The molecule has 0 spiro atoms. The summed E-state index contributed by atoms with van der Waals surface area (Å²) in [4.78, 5) is 6.69. The number of nitrogens with zero attached hydrogens (tertiary/aromatic N) is 2. The molecule has 0 aromatic carbocycles. The highest BCUT2D eigenvalue weighted by Crippen LogP contribution is 2.31. The van der Waals surface area contributed by atoms with Crippen LogP contribution in [0.4, 0.5) is 0 Å². The zero-order valence-electron chi connectivity index (χ0n) is 11.3. The van der Waals surface area contributed by atoms with Crippen LogP contribution in [0.15, 0.2) is 12.1 Å². The van der Waals surface area contributed by atoms with Crippen molar-refractivity contribution in [2.24, 2.45) is 0 Å². The van der Waals surface area contributed by atoms with Gasteiger partial charge >= 0.3 is 0 Å². The number of nitrogens with one attached hydrogen (secondary N) is 1. The van der Waals surface area contributed by atoms with Gasteiger partial charge in [0.2, 0.25) is 0 Å².